The number of carbonyl (C=O) groups is 1. The molecule has 0 fully saturated rings. The molecular weight excluding hydrogens is 466 g/mol. The van der Waals surface area contributed by atoms with Gasteiger partial charge in [0.15, 0.2) is 0 Å². The summed E-state index contributed by atoms with van der Waals surface area (Å²) in [6.45, 7) is 6.80. The molecule has 2 aromatic heterocycles. The van der Waals surface area contributed by atoms with Crippen molar-refractivity contribution in [3.63, 3.8) is 0 Å². The molecule has 0 spiro atoms. The molecule has 190 valence electrons. The monoisotopic (exact) mass is 503 g/mol. The maximum absolute atomic E-state index is 12.0. The zero-order valence-corrected chi connectivity index (χ0v) is 22.2. The second-order valence-electron chi connectivity index (χ2n) is 9.49. The van der Waals surface area contributed by atoms with Crippen LogP contribution < -0.4 is 10.1 Å². The maximum Gasteiger partial charge on any atom is 0.261 e. The van der Waals surface area contributed by atoms with E-state index in [0.717, 1.165) is 73.6 Å². The number of benzene rings is 2. The van der Waals surface area contributed by atoms with E-state index in [4.69, 9.17) is 9.72 Å². The number of rotatable bonds is 14. The van der Waals surface area contributed by atoms with Crippen molar-refractivity contribution < 1.29 is 9.53 Å². The SMILES string of the molecule is CC(C)c1ccc(OCCCCn2c(CCCCCNC(=O)c3cccs3)nc3ccccc32)cc1. The van der Waals surface area contributed by atoms with E-state index in [1.165, 1.54) is 22.4 Å². The van der Waals surface area contributed by atoms with Gasteiger partial charge in [-0.3, -0.25) is 4.79 Å². The molecule has 0 atom stereocenters. The fraction of sp³-hybridized carbons (Fsp3) is 0.400. The average molecular weight is 504 g/mol. The van der Waals surface area contributed by atoms with Crippen LogP contribution in [0.5, 0.6) is 5.75 Å². The molecule has 1 amide bonds. The summed E-state index contributed by atoms with van der Waals surface area (Å²) in [4.78, 5) is 17.7. The van der Waals surface area contributed by atoms with Crippen LogP contribution >= 0.6 is 11.3 Å². The van der Waals surface area contributed by atoms with Crippen LogP contribution in [-0.4, -0.2) is 28.6 Å². The van der Waals surface area contributed by atoms with Gasteiger partial charge in [-0.05, 0) is 72.9 Å². The van der Waals surface area contributed by atoms with Gasteiger partial charge in [0, 0.05) is 19.5 Å². The molecule has 36 heavy (non-hydrogen) atoms. The fourth-order valence-electron chi connectivity index (χ4n) is 4.36. The van der Waals surface area contributed by atoms with E-state index in [0.29, 0.717) is 12.5 Å². The molecule has 0 aliphatic carbocycles. The second-order valence-corrected chi connectivity index (χ2v) is 10.4. The number of amides is 1. The molecule has 2 aromatic carbocycles. The van der Waals surface area contributed by atoms with Crippen LogP contribution in [0.1, 0.15) is 72.9 Å². The van der Waals surface area contributed by atoms with E-state index in [-0.39, 0.29) is 5.91 Å². The molecule has 0 bridgehead atoms. The van der Waals surface area contributed by atoms with Crippen LogP contribution in [0, 0.1) is 0 Å². The Labute approximate surface area is 218 Å². The number of nitrogens with one attached hydrogen (secondary N) is 1. The number of fused-ring (bicyclic) bond motifs is 1. The Balaban J connectivity index is 1.21. The molecular formula is C30H37N3O2S. The van der Waals surface area contributed by atoms with Gasteiger partial charge in [0.25, 0.3) is 5.91 Å². The minimum atomic E-state index is 0.0309. The number of aryl methyl sites for hydroxylation is 2. The highest BCUT2D eigenvalue weighted by molar-refractivity contribution is 7.12. The van der Waals surface area contributed by atoms with E-state index in [9.17, 15) is 4.79 Å². The summed E-state index contributed by atoms with van der Waals surface area (Å²) in [5, 5.41) is 4.94. The van der Waals surface area contributed by atoms with E-state index < -0.39 is 0 Å². The summed E-state index contributed by atoms with van der Waals surface area (Å²) in [5.41, 5.74) is 3.61. The molecule has 0 aliphatic heterocycles. The first-order chi connectivity index (χ1) is 17.6. The molecule has 4 aromatic rings. The Hall–Kier alpha value is -3.12. The first kappa shape index (κ1) is 26.0. The Morgan fingerprint density at radius 2 is 1.81 bits per heavy atom. The third kappa shape index (κ3) is 7.20. The highest BCUT2D eigenvalue weighted by Gasteiger charge is 2.10. The quantitative estimate of drug-likeness (QED) is 0.185. The first-order valence-electron chi connectivity index (χ1n) is 13.1. The van der Waals surface area contributed by atoms with Crippen molar-refractivity contribution in [2.75, 3.05) is 13.2 Å². The summed E-state index contributed by atoms with van der Waals surface area (Å²) in [5.74, 6) is 2.67. The van der Waals surface area contributed by atoms with Gasteiger partial charge in [0.1, 0.15) is 11.6 Å². The molecule has 5 nitrogen and oxygen atoms in total. The van der Waals surface area contributed by atoms with E-state index in [1.54, 1.807) is 0 Å². The first-order valence-corrected chi connectivity index (χ1v) is 14.0. The van der Waals surface area contributed by atoms with Gasteiger partial charge in [-0.1, -0.05) is 50.6 Å². The molecule has 4 rings (SSSR count). The summed E-state index contributed by atoms with van der Waals surface area (Å²) >= 11 is 1.48. The topological polar surface area (TPSA) is 56.1 Å². The standard InChI is InChI=1S/C30H37N3O2S/c1-23(2)24-15-17-25(18-16-24)35-21-9-8-20-33-27-12-6-5-11-26(27)32-29(33)14-4-3-7-19-31-30(34)28-13-10-22-36-28/h5-6,10-13,15-18,22-23H,3-4,7-9,14,19-21H2,1-2H3,(H,31,34). The molecule has 2 heterocycles. The molecule has 0 radical (unpaired) electrons. The van der Waals surface area contributed by atoms with Crippen LogP contribution in [0.15, 0.2) is 66.0 Å². The van der Waals surface area contributed by atoms with Gasteiger partial charge in [0.05, 0.1) is 22.5 Å². The third-order valence-electron chi connectivity index (χ3n) is 6.43. The lowest BCUT2D eigenvalue weighted by molar-refractivity contribution is 0.0957. The van der Waals surface area contributed by atoms with Gasteiger partial charge in [0.2, 0.25) is 0 Å². The number of unbranched alkanes of at least 4 members (excludes halogenated alkanes) is 3. The predicted molar refractivity (Wildman–Crippen MR) is 149 cm³/mol. The number of nitrogens with zero attached hydrogens (tertiary/aromatic N) is 2. The lowest BCUT2D eigenvalue weighted by atomic mass is 10.0. The molecule has 0 saturated heterocycles. The van der Waals surface area contributed by atoms with E-state index in [2.05, 4.69) is 72.3 Å². The zero-order valence-electron chi connectivity index (χ0n) is 21.4. The van der Waals surface area contributed by atoms with Crippen molar-refractivity contribution in [1.29, 1.82) is 0 Å². The van der Waals surface area contributed by atoms with Crippen molar-refractivity contribution in [2.45, 2.75) is 64.8 Å². The van der Waals surface area contributed by atoms with Gasteiger partial charge >= 0.3 is 0 Å². The number of hydrogen-bond donors (Lipinski definition) is 1. The lowest BCUT2D eigenvalue weighted by Crippen LogP contribution is -2.23. The van der Waals surface area contributed by atoms with Crippen molar-refractivity contribution in [1.82, 2.24) is 14.9 Å². The summed E-state index contributed by atoms with van der Waals surface area (Å²) in [7, 11) is 0. The number of ether oxygens (including phenoxy) is 1. The van der Waals surface area contributed by atoms with Gasteiger partial charge in [-0.2, -0.15) is 0 Å². The predicted octanol–water partition coefficient (Wildman–Crippen LogP) is 7.22. The van der Waals surface area contributed by atoms with Crippen LogP contribution in [0.4, 0.5) is 0 Å². The highest BCUT2D eigenvalue weighted by atomic mass is 32.1. The minimum Gasteiger partial charge on any atom is -0.494 e. The fourth-order valence-corrected chi connectivity index (χ4v) is 5.00. The summed E-state index contributed by atoms with van der Waals surface area (Å²) in [6.07, 6.45) is 6.11. The number of carbonyl (C=O) groups excluding carboxylic acids is 1. The number of thiophene rings is 1. The van der Waals surface area contributed by atoms with Crippen LogP contribution in [-0.2, 0) is 13.0 Å². The van der Waals surface area contributed by atoms with Crippen molar-refractivity contribution in [2.24, 2.45) is 0 Å². The third-order valence-corrected chi connectivity index (χ3v) is 7.30. The number of imidazole rings is 1. The Morgan fingerprint density at radius 1 is 0.972 bits per heavy atom. The van der Waals surface area contributed by atoms with Crippen molar-refractivity contribution in [3.8, 4) is 5.75 Å². The maximum atomic E-state index is 12.0. The minimum absolute atomic E-state index is 0.0309. The van der Waals surface area contributed by atoms with Crippen molar-refractivity contribution >= 4 is 28.3 Å². The Bertz CT molecular complexity index is 1210. The van der Waals surface area contributed by atoms with E-state index in [1.807, 2.05) is 17.5 Å². The van der Waals surface area contributed by atoms with Crippen molar-refractivity contribution in [3.05, 3.63) is 82.3 Å². The van der Waals surface area contributed by atoms with Crippen LogP contribution in [0.2, 0.25) is 0 Å². The lowest BCUT2D eigenvalue weighted by Gasteiger charge is -2.11. The summed E-state index contributed by atoms with van der Waals surface area (Å²) in [6, 6.07) is 20.6. The summed E-state index contributed by atoms with van der Waals surface area (Å²) < 4.78 is 8.35. The van der Waals surface area contributed by atoms with Gasteiger partial charge in [-0.25, -0.2) is 4.98 Å². The smallest absolute Gasteiger partial charge is 0.261 e. The highest BCUT2D eigenvalue weighted by Crippen LogP contribution is 2.20. The normalized spacial score (nSPS) is 11.3. The van der Waals surface area contributed by atoms with Gasteiger partial charge in [-0.15, -0.1) is 11.3 Å². The average Bonchev–Trinajstić information content (AvgIpc) is 3.55. The van der Waals surface area contributed by atoms with Crippen LogP contribution in [0.3, 0.4) is 0 Å². The number of aromatic nitrogens is 2. The molecule has 1 N–H and O–H groups in total. The van der Waals surface area contributed by atoms with Crippen LogP contribution in [0.25, 0.3) is 11.0 Å². The number of hydrogen-bond acceptors (Lipinski definition) is 4. The van der Waals surface area contributed by atoms with E-state index >= 15 is 0 Å². The Kier molecular flexibility index (Phi) is 9.56. The molecule has 0 aliphatic rings. The largest absolute Gasteiger partial charge is 0.494 e. The van der Waals surface area contributed by atoms with Gasteiger partial charge < -0.3 is 14.6 Å². The zero-order chi connectivity index (χ0) is 25.2. The Morgan fingerprint density at radius 3 is 2.58 bits per heavy atom. The molecule has 6 heteroatoms. The molecule has 0 saturated carbocycles. The number of para-hydroxylation sites is 2. The second kappa shape index (κ2) is 13.3. The molecule has 0 unspecified atom stereocenters.